The Kier molecular flexibility index (Phi) is 2.96. The minimum absolute atomic E-state index is 0.0683. The zero-order valence-electron chi connectivity index (χ0n) is 9.06. The smallest absolute Gasteiger partial charge is 0.262 e. The summed E-state index contributed by atoms with van der Waals surface area (Å²) in [4.78, 5) is 13.0. The average Bonchev–Trinajstić information content (AvgIpc) is 2.28. The van der Waals surface area contributed by atoms with Gasteiger partial charge in [-0.3, -0.25) is 4.79 Å². The molecule has 1 aliphatic rings. The number of carbonyl (C=O) groups excluding carboxylic acids is 1. The van der Waals surface area contributed by atoms with E-state index in [4.69, 9.17) is 9.84 Å². The fourth-order valence-corrected chi connectivity index (χ4v) is 1.59. The van der Waals surface area contributed by atoms with Crippen LogP contribution in [0.1, 0.15) is 0 Å². The maximum Gasteiger partial charge on any atom is 0.262 e. The number of hydrogen-bond acceptors (Lipinski definition) is 4. The zero-order chi connectivity index (χ0) is 11.5. The molecule has 1 aliphatic heterocycles. The number of carbonyl (C=O) groups is 1. The maximum absolute atomic E-state index is 11.1. The Morgan fingerprint density at radius 2 is 2.38 bits per heavy atom. The fraction of sp³-hybridized carbons (Fsp3) is 0.364. The number of fused-ring (bicyclic) bond motifs is 1. The lowest BCUT2D eigenvalue weighted by Crippen LogP contribution is -2.26. The Morgan fingerprint density at radius 1 is 1.56 bits per heavy atom. The predicted molar refractivity (Wildman–Crippen MR) is 60.9 cm³/mol. The molecule has 1 aromatic carbocycles. The first-order chi connectivity index (χ1) is 7.70. The van der Waals surface area contributed by atoms with Crippen LogP contribution in [-0.2, 0) is 4.79 Å². The fourth-order valence-electron chi connectivity index (χ4n) is 1.59. The Balaban J connectivity index is 2.24. The van der Waals surface area contributed by atoms with Crippen molar-refractivity contribution < 1.29 is 14.6 Å². The van der Waals surface area contributed by atoms with Crippen LogP contribution in [0.3, 0.4) is 0 Å². The van der Waals surface area contributed by atoms with Crippen LogP contribution in [0.4, 0.5) is 11.4 Å². The third-order valence-corrected chi connectivity index (χ3v) is 2.47. The molecule has 0 atom stereocenters. The lowest BCUT2D eigenvalue weighted by Gasteiger charge is -2.22. The second kappa shape index (κ2) is 4.40. The summed E-state index contributed by atoms with van der Waals surface area (Å²) < 4.78 is 5.25. The highest BCUT2D eigenvalue weighted by atomic mass is 16.5. The number of benzene rings is 1. The first-order valence-electron chi connectivity index (χ1n) is 5.09. The molecular weight excluding hydrogens is 208 g/mol. The highest BCUT2D eigenvalue weighted by molar-refractivity contribution is 5.96. The van der Waals surface area contributed by atoms with E-state index >= 15 is 0 Å². The molecule has 2 rings (SSSR count). The maximum atomic E-state index is 11.1. The Morgan fingerprint density at radius 3 is 3.12 bits per heavy atom. The third-order valence-electron chi connectivity index (χ3n) is 2.47. The van der Waals surface area contributed by atoms with Crippen LogP contribution in [0.5, 0.6) is 5.75 Å². The van der Waals surface area contributed by atoms with Crippen molar-refractivity contribution in [1.29, 1.82) is 0 Å². The second-order valence-corrected chi connectivity index (χ2v) is 3.66. The molecule has 0 bridgehead atoms. The summed E-state index contributed by atoms with van der Waals surface area (Å²) in [5.74, 6) is 0.537. The van der Waals surface area contributed by atoms with Gasteiger partial charge in [-0.1, -0.05) is 0 Å². The van der Waals surface area contributed by atoms with E-state index in [1.807, 2.05) is 30.1 Å². The predicted octanol–water partition coefficient (Wildman–Crippen LogP) is 0.446. The van der Waals surface area contributed by atoms with E-state index in [-0.39, 0.29) is 19.1 Å². The summed E-state index contributed by atoms with van der Waals surface area (Å²) in [5, 5.41) is 11.6. The molecule has 0 aromatic heterocycles. The summed E-state index contributed by atoms with van der Waals surface area (Å²) in [7, 11) is 1.88. The minimum Gasteiger partial charge on any atom is -0.482 e. The number of amides is 1. The lowest BCUT2D eigenvalue weighted by atomic mass is 10.2. The summed E-state index contributed by atoms with van der Waals surface area (Å²) in [5.41, 5.74) is 1.61. The first-order valence-corrected chi connectivity index (χ1v) is 5.09. The Labute approximate surface area is 93.6 Å². The lowest BCUT2D eigenvalue weighted by molar-refractivity contribution is -0.118. The van der Waals surface area contributed by atoms with E-state index in [0.29, 0.717) is 18.0 Å². The number of hydrogen-bond donors (Lipinski definition) is 2. The van der Waals surface area contributed by atoms with Gasteiger partial charge in [0.25, 0.3) is 5.91 Å². The second-order valence-electron chi connectivity index (χ2n) is 3.66. The van der Waals surface area contributed by atoms with Crippen molar-refractivity contribution >= 4 is 17.3 Å². The van der Waals surface area contributed by atoms with Crippen LogP contribution >= 0.6 is 0 Å². The first kappa shape index (κ1) is 10.8. The number of likely N-dealkylation sites (N-methyl/N-ethyl adjacent to an activating group) is 1. The average molecular weight is 222 g/mol. The summed E-state index contributed by atoms with van der Waals surface area (Å²) >= 11 is 0. The molecular formula is C11H14N2O3. The van der Waals surface area contributed by atoms with E-state index in [2.05, 4.69) is 5.32 Å². The molecule has 5 heteroatoms. The summed E-state index contributed by atoms with van der Waals surface area (Å²) in [6, 6.07) is 5.55. The topological polar surface area (TPSA) is 61.8 Å². The number of aliphatic hydroxyl groups is 1. The quantitative estimate of drug-likeness (QED) is 0.779. The highest BCUT2D eigenvalue weighted by Gasteiger charge is 2.16. The number of nitrogens with one attached hydrogen (secondary N) is 1. The van der Waals surface area contributed by atoms with Gasteiger partial charge in [-0.15, -0.1) is 0 Å². The van der Waals surface area contributed by atoms with Crippen molar-refractivity contribution in [2.24, 2.45) is 0 Å². The van der Waals surface area contributed by atoms with Gasteiger partial charge in [0.2, 0.25) is 0 Å². The third kappa shape index (κ3) is 2.09. The van der Waals surface area contributed by atoms with Gasteiger partial charge < -0.3 is 20.1 Å². The number of ether oxygens (including phenoxy) is 1. The van der Waals surface area contributed by atoms with Gasteiger partial charge in [0.1, 0.15) is 5.75 Å². The highest BCUT2D eigenvalue weighted by Crippen LogP contribution is 2.31. The Bertz CT molecular complexity index is 406. The van der Waals surface area contributed by atoms with Gasteiger partial charge in [0.15, 0.2) is 6.61 Å². The van der Waals surface area contributed by atoms with E-state index < -0.39 is 0 Å². The molecule has 0 aliphatic carbocycles. The number of nitrogens with zero attached hydrogens (tertiary/aromatic N) is 1. The van der Waals surface area contributed by atoms with E-state index in [1.54, 1.807) is 0 Å². The van der Waals surface area contributed by atoms with Crippen LogP contribution in [-0.4, -0.2) is 37.8 Å². The SMILES string of the molecule is CN(CCO)c1ccc2c(c1)NC(=O)CO2. The van der Waals surface area contributed by atoms with Crippen LogP contribution in [0, 0.1) is 0 Å². The molecule has 0 spiro atoms. The number of aliphatic hydroxyl groups excluding tert-OH is 1. The van der Waals surface area contributed by atoms with Crippen LogP contribution in [0.15, 0.2) is 18.2 Å². The molecule has 0 fully saturated rings. The molecule has 86 valence electrons. The molecule has 0 radical (unpaired) electrons. The van der Waals surface area contributed by atoms with Crippen molar-refractivity contribution in [2.45, 2.75) is 0 Å². The van der Waals surface area contributed by atoms with Gasteiger partial charge in [-0.2, -0.15) is 0 Å². The molecule has 2 N–H and O–H groups in total. The van der Waals surface area contributed by atoms with Crippen molar-refractivity contribution in [1.82, 2.24) is 0 Å². The number of anilines is 2. The van der Waals surface area contributed by atoms with Gasteiger partial charge in [0.05, 0.1) is 12.3 Å². The minimum atomic E-state index is -0.144. The molecule has 0 saturated heterocycles. The van der Waals surface area contributed by atoms with Gasteiger partial charge in [-0.05, 0) is 18.2 Å². The van der Waals surface area contributed by atoms with E-state index in [0.717, 1.165) is 5.69 Å². The molecule has 5 nitrogen and oxygen atoms in total. The molecule has 1 aromatic rings. The van der Waals surface area contributed by atoms with Crippen molar-refractivity contribution in [2.75, 3.05) is 37.0 Å². The van der Waals surface area contributed by atoms with Crippen LogP contribution in [0.2, 0.25) is 0 Å². The summed E-state index contributed by atoms with van der Waals surface area (Å²) in [6.45, 7) is 0.711. The van der Waals surface area contributed by atoms with E-state index in [1.165, 1.54) is 0 Å². The Hall–Kier alpha value is -1.75. The molecule has 1 heterocycles. The standard InChI is InChI=1S/C11H14N2O3/c1-13(4-5-14)8-2-3-10-9(6-8)12-11(15)7-16-10/h2-3,6,14H,4-5,7H2,1H3,(H,12,15). The van der Waals surface area contributed by atoms with E-state index in [9.17, 15) is 4.79 Å². The molecule has 16 heavy (non-hydrogen) atoms. The molecule has 1 amide bonds. The van der Waals surface area contributed by atoms with Gasteiger partial charge in [-0.25, -0.2) is 0 Å². The van der Waals surface area contributed by atoms with Gasteiger partial charge >= 0.3 is 0 Å². The van der Waals surface area contributed by atoms with Gasteiger partial charge in [0, 0.05) is 19.3 Å². The van der Waals surface area contributed by atoms with Crippen molar-refractivity contribution in [3.63, 3.8) is 0 Å². The normalized spacial score (nSPS) is 13.8. The number of rotatable bonds is 3. The molecule has 0 saturated carbocycles. The van der Waals surface area contributed by atoms with Crippen molar-refractivity contribution in [3.8, 4) is 5.75 Å². The summed E-state index contributed by atoms with van der Waals surface area (Å²) in [6.07, 6.45) is 0. The van der Waals surface area contributed by atoms with Crippen molar-refractivity contribution in [3.05, 3.63) is 18.2 Å². The van der Waals surface area contributed by atoms with Crippen LogP contribution < -0.4 is 15.0 Å². The van der Waals surface area contributed by atoms with Crippen LogP contribution in [0.25, 0.3) is 0 Å². The largest absolute Gasteiger partial charge is 0.482 e. The molecule has 0 unspecified atom stereocenters. The monoisotopic (exact) mass is 222 g/mol. The zero-order valence-corrected chi connectivity index (χ0v) is 9.06.